The molecule has 0 spiro atoms. The van der Waals surface area contributed by atoms with Crippen LogP contribution in [0.5, 0.6) is 0 Å². The topological polar surface area (TPSA) is 75.3 Å². The number of rotatable bonds is 10. The normalized spacial score (nSPS) is 12.4. The molecule has 2 aromatic rings. The van der Waals surface area contributed by atoms with Gasteiger partial charge in [0.2, 0.25) is 0 Å². The van der Waals surface area contributed by atoms with E-state index in [1.165, 1.54) is 6.07 Å². The number of hydrogen-bond acceptors (Lipinski definition) is 3. The fourth-order valence-corrected chi connectivity index (χ4v) is 4.48. The van der Waals surface area contributed by atoms with E-state index in [1.807, 2.05) is 19.1 Å². The van der Waals surface area contributed by atoms with Gasteiger partial charge < -0.3 is 5.32 Å². The fraction of sp³-hybridized carbons (Fsp3) is 0.435. The van der Waals surface area contributed by atoms with Gasteiger partial charge in [-0.15, -0.1) is 0 Å². The first-order valence-electron chi connectivity index (χ1n) is 10.2. The van der Waals surface area contributed by atoms with Gasteiger partial charge in [0, 0.05) is 17.8 Å². The molecule has 158 valence electrons. The molecule has 0 saturated carbocycles. The van der Waals surface area contributed by atoms with Gasteiger partial charge in [0.05, 0.1) is 4.90 Å². The highest BCUT2D eigenvalue weighted by atomic mass is 32.2. The van der Waals surface area contributed by atoms with Gasteiger partial charge in [-0.1, -0.05) is 56.9 Å². The third-order valence-corrected chi connectivity index (χ3v) is 6.66. The van der Waals surface area contributed by atoms with Crippen LogP contribution in [0.1, 0.15) is 61.0 Å². The minimum Gasteiger partial charge on any atom is -0.352 e. The third-order valence-electron chi connectivity index (χ3n) is 5.14. The molecule has 1 amide bonds. The molecule has 0 aliphatic carbocycles. The predicted molar refractivity (Wildman–Crippen MR) is 119 cm³/mol. The zero-order chi connectivity index (χ0) is 21.4. The summed E-state index contributed by atoms with van der Waals surface area (Å²) in [7, 11) is -3.79. The van der Waals surface area contributed by atoms with Crippen LogP contribution in [0.25, 0.3) is 0 Å². The van der Waals surface area contributed by atoms with E-state index in [4.69, 9.17) is 0 Å². The predicted octanol–water partition coefficient (Wildman–Crippen LogP) is 5.05. The maximum atomic E-state index is 12.9. The summed E-state index contributed by atoms with van der Waals surface area (Å²) < 4.78 is 28.3. The molecule has 0 radical (unpaired) electrons. The highest BCUT2D eigenvalue weighted by Crippen LogP contribution is 2.21. The Labute approximate surface area is 175 Å². The summed E-state index contributed by atoms with van der Waals surface area (Å²) in [5, 5.41) is 2.96. The lowest BCUT2D eigenvalue weighted by atomic mass is 9.99. The quantitative estimate of drug-likeness (QED) is 0.569. The Hall–Kier alpha value is -2.34. The minimum atomic E-state index is -3.79. The van der Waals surface area contributed by atoms with Crippen molar-refractivity contribution in [2.75, 3.05) is 11.3 Å². The standard InChI is InChI=1S/C23H32N2O3S/c1-5-7-8-19(6-2)16-24-23(26)20-12-11-18(4)22(15-20)29(27,28)25-21-13-9-17(3)10-14-21/h9-15,19,25H,5-8,16H2,1-4H3,(H,24,26). The van der Waals surface area contributed by atoms with Crippen LogP contribution in [0.4, 0.5) is 5.69 Å². The summed E-state index contributed by atoms with van der Waals surface area (Å²) in [4.78, 5) is 12.7. The molecule has 1 atom stereocenters. The van der Waals surface area contributed by atoms with Crippen molar-refractivity contribution in [1.82, 2.24) is 5.32 Å². The average Bonchev–Trinajstić information content (AvgIpc) is 2.69. The second-order valence-corrected chi connectivity index (χ2v) is 9.23. The van der Waals surface area contributed by atoms with E-state index in [0.717, 1.165) is 31.2 Å². The number of nitrogens with one attached hydrogen (secondary N) is 2. The van der Waals surface area contributed by atoms with E-state index in [9.17, 15) is 13.2 Å². The molecule has 0 saturated heterocycles. The maximum absolute atomic E-state index is 12.9. The van der Waals surface area contributed by atoms with Crippen LogP contribution in [-0.4, -0.2) is 20.9 Å². The van der Waals surface area contributed by atoms with E-state index in [0.29, 0.717) is 29.3 Å². The van der Waals surface area contributed by atoms with Crippen LogP contribution in [0.3, 0.4) is 0 Å². The summed E-state index contributed by atoms with van der Waals surface area (Å²) >= 11 is 0. The van der Waals surface area contributed by atoms with Gasteiger partial charge >= 0.3 is 0 Å². The van der Waals surface area contributed by atoms with Crippen molar-refractivity contribution in [3.8, 4) is 0 Å². The molecule has 29 heavy (non-hydrogen) atoms. The molecule has 0 bridgehead atoms. The van der Waals surface area contributed by atoms with Gasteiger partial charge in [0.25, 0.3) is 15.9 Å². The smallest absolute Gasteiger partial charge is 0.262 e. The molecule has 5 nitrogen and oxygen atoms in total. The van der Waals surface area contributed by atoms with Crippen LogP contribution in [0.15, 0.2) is 47.4 Å². The molecule has 1 unspecified atom stereocenters. The van der Waals surface area contributed by atoms with Crippen molar-refractivity contribution in [3.05, 3.63) is 59.2 Å². The second kappa shape index (κ2) is 10.4. The van der Waals surface area contributed by atoms with Gasteiger partial charge in [-0.25, -0.2) is 8.42 Å². The van der Waals surface area contributed by atoms with Gasteiger partial charge in [0.15, 0.2) is 0 Å². The number of carbonyl (C=O) groups excluding carboxylic acids is 1. The Bertz CT molecular complexity index is 922. The first-order valence-corrected chi connectivity index (χ1v) is 11.7. The number of anilines is 1. The Morgan fingerprint density at radius 1 is 1.03 bits per heavy atom. The van der Waals surface area contributed by atoms with Gasteiger partial charge in [-0.2, -0.15) is 0 Å². The summed E-state index contributed by atoms with van der Waals surface area (Å²) in [6.45, 7) is 8.55. The first kappa shape index (κ1) is 22.9. The van der Waals surface area contributed by atoms with Crippen LogP contribution in [0.2, 0.25) is 0 Å². The zero-order valence-electron chi connectivity index (χ0n) is 17.8. The van der Waals surface area contributed by atoms with Crippen LogP contribution < -0.4 is 10.0 Å². The Kier molecular flexibility index (Phi) is 8.26. The highest BCUT2D eigenvalue weighted by molar-refractivity contribution is 7.92. The second-order valence-electron chi connectivity index (χ2n) is 7.58. The van der Waals surface area contributed by atoms with E-state index >= 15 is 0 Å². The largest absolute Gasteiger partial charge is 0.352 e. The van der Waals surface area contributed by atoms with Gasteiger partial charge in [-0.05, 0) is 56.0 Å². The molecule has 2 N–H and O–H groups in total. The molecule has 6 heteroatoms. The number of unbranched alkanes of at least 4 members (excludes halogenated alkanes) is 1. The Morgan fingerprint density at radius 2 is 1.72 bits per heavy atom. The van der Waals surface area contributed by atoms with E-state index in [-0.39, 0.29) is 10.8 Å². The first-order chi connectivity index (χ1) is 13.8. The van der Waals surface area contributed by atoms with Crippen molar-refractivity contribution < 1.29 is 13.2 Å². The molecule has 0 aliphatic heterocycles. The number of benzene rings is 2. The lowest BCUT2D eigenvalue weighted by molar-refractivity contribution is 0.0945. The van der Waals surface area contributed by atoms with Crippen LogP contribution in [-0.2, 0) is 10.0 Å². The summed E-state index contributed by atoms with van der Waals surface area (Å²) in [6.07, 6.45) is 4.37. The highest BCUT2D eigenvalue weighted by Gasteiger charge is 2.20. The van der Waals surface area contributed by atoms with E-state index < -0.39 is 10.0 Å². The molecule has 0 aromatic heterocycles. The molecular formula is C23H32N2O3S. The molecule has 0 aliphatic rings. The monoisotopic (exact) mass is 416 g/mol. The van der Waals surface area contributed by atoms with Gasteiger partial charge in [-0.3, -0.25) is 9.52 Å². The number of carbonyl (C=O) groups is 1. The fourth-order valence-electron chi connectivity index (χ4n) is 3.14. The van der Waals surface area contributed by atoms with E-state index in [1.54, 1.807) is 31.2 Å². The number of aryl methyl sites for hydroxylation is 2. The Morgan fingerprint density at radius 3 is 2.34 bits per heavy atom. The minimum absolute atomic E-state index is 0.115. The lowest BCUT2D eigenvalue weighted by Crippen LogP contribution is -2.29. The molecule has 2 aromatic carbocycles. The van der Waals surface area contributed by atoms with Crippen molar-refractivity contribution in [1.29, 1.82) is 0 Å². The SMILES string of the molecule is CCCCC(CC)CNC(=O)c1ccc(C)c(S(=O)(=O)Nc2ccc(C)cc2)c1. The van der Waals surface area contributed by atoms with Crippen molar-refractivity contribution in [3.63, 3.8) is 0 Å². The third kappa shape index (κ3) is 6.60. The number of amides is 1. The Balaban J connectivity index is 2.15. The summed E-state index contributed by atoms with van der Waals surface area (Å²) in [5.74, 6) is 0.197. The molecule has 2 rings (SSSR count). The molecule has 0 heterocycles. The van der Waals surface area contributed by atoms with Crippen LogP contribution >= 0.6 is 0 Å². The summed E-state index contributed by atoms with van der Waals surface area (Å²) in [6, 6.07) is 11.9. The lowest BCUT2D eigenvalue weighted by Gasteiger charge is -2.16. The zero-order valence-corrected chi connectivity index (χ0v) is 18.6. The maximum Gasteiger partial charge on any atom is 0.262 e. The number of hydrogen-bond donors (Lipinski definition) is 2. The number of sulfonamides is 1. The van der Waals surface area contributed by atoms with Crippen molar-refractivity contribution >= 4 is 21.6 Å². The van der Waals surface area contributed by atoms with E-state index in [2.05, 4.69) is 23.9 Å². The molecular weight excluding hydrogens is 384 g/mol. The van der Waals surface area contributed by atoms with Gasteiger partial charge in [0.1, 0.15) is 0 Å². The van der Waals surface area contributed by atoms with Crippen LogP contribution in [0, 0.1) is 19.8 Å². The van der Waals surface area contributed by atoms with Crippen molar-refractivity contribution in [2.24, 2.45) is 5.92 Å². The molecule has 0 fully saturated rings. The average molecular weight is 417 g/mol. The summed E-state index contributed by atoms with van der Waals surface area (Å²) in [5.41, 5.74) is 2.49. The van der Waals surface area contributed by atoms with Crippen molar-refractivity contribution in [2.45, 2.75) is 58.3 Å².